The average molecular weight is 585 g/mol. The minimum Gasteiger partial charge on any atom is -0.438 e. The van der Waals surface area contributed by atoms with Gasteiger partial charge in [0, 0.05) is 44.1 Å². The SMILES string of the molecule is CC(CC(C(=O)NCCc1ccccc1)c1ccc(Cl)c(Cl)c1)N1CCC2(CC1)OC(=O)Nc1ccc(F)cc12. The molecule has 2 aliphatic heterocycles. The summed E-state index contributed by atoms with van der Waals surface area (Å²) in [4.78, 5) is 28.1. The molecule has 3 aromatic rings. The number of fused-ring (bicyclic) bond motifs is 2. The fourth-order valence-electron chi connectivity index (χ4n) is 5.78. The summed E-state index contributed by atoms with van der Waals surface area (Å²) in [6.07, 6.45) is 1.84. The summed E-state index contributed by atoms with van der Waals surface area (Å²) >= 11 is 12.5. The first-order valence-electron chi connectivity index (χ1n) is 13.5. The molecule has 2 N–H and O–H groups in total. The summed E-state index contributed by atoms with van der Waals surface area (Å²) in [5.74, 6) is -0.856. The molecule has 6 nitrogen and oxygen atoms in total. The van der Waals surface area contributed by atoms with Gasteiger partial charge in [-0.2, -0.15) is 0 Å². The molecule has 0 aliphatic carbocycles. The number of carbonyl (C=O) groups is 2. The van der Waals surface area contributed by atoms with E-state index in [4.69, 9.17) is 27.9 Å². The van der Waals surface area contributed by atoms with Crippen LogP contribution in [0.25, 0.3) is 0 Å². The van der Waals surface area contributed by atoms with Gasteiger partial charge in [-0.15, -0.1) is 0 Å². The predicted molar refractivity (Wildman–Crippen MR) is 155 cm³/mol. The van der Waals surface area contributed by atoms with Crippen LogP contribution in [0.2, 0.25) is 10.0 Å². The number of halogens is 3. The lowest BCUT2D eigenvalue weighted by atomic mass is 9.81. The van der Waals surface area contributed by atoms with Crippen LogP contribution < -0.4 is 10.6 Å². The standard InChI is InChI=1S/C31H32Cl2FN3O3/c1-20(37-15-12-31(13-16-37)25-19-23(34)8-10-28(25)36-30(39)40-31)17-24(22-7-9-26(32)27(33)18-22)29(38)35-14-11-21-5-3-2-4-6-21/h2-10,18-20,24H,11-17H2,1H3,(H,35,38)(H,36,39). The molecule has 9 heteroatoms. The van der Waals surface area contributed by atoms with Gasteiger partial charge in [-0.3, -0.25) is 10.1 Å². The third kappa shape index (κ3) is 6.27. The van der Waals surface area contributed by atoms with Crippen LogP contribution in [0.4, 0.5) is 14.9 Å². The Hall–Kier alpha value is -3.13. The molecular formula is C31H32Cl2FN3O3. The van der Waals surface area contributed by atoms with E-state index in [0.29, 0.717) is 60.2 Å². The van der Waals surface area contributed by atoms with Crippen LogP contribution in [0.1, 0.15) is 48.8 Å². The lowest BCUT2D eigenvalue weighted by Crippen LogP contribution is -2.50. The van der Waals surface area contributed by atoms with E-state index < -0.39 is 17.6 Å². The number of piperidine rings is 1. The van der Waals surface area contributed by atoms with Crippen LogP contribution in [0.3, 0.4) is 0 Å². The lowest BCUT2D eigenvalue weighted by molar-refractivity contribution is -0.123. The highest BCUT2D eigenvalue weighted by molar-refractivity contribution is 6.42. The number of hydrogen-bond acceptors (Lipinski definition) is 4. The Morgan fingerprint density at radius 3 is 2.55 bits per heavy atom. The molecule has 3 aromatic carbocycles. The van der Waals surface area contributed by atoms with Crippen molar-refractivity contribution in [3.8, 4) is 0 Å². The van der Waals surface area contributed by atoms with E-state index in [-0.39, 0.29) is 17.8 Å². The number of ether oxygens (including phenoxy) is 1. The molecule has 1 spiro atoms. The van der Waals surface area contributed by atoms with Crippen LogP contribution in [-0.2, 0) is 21.6 Å². The Morgan fingerprint density at radius 1 is 1.07 bits per heavy atom. The van der Waals surface area contributed by atoms with Gasteiger partial charge >= 0.3 is 6.09 Å². The van der Waals surface area contributed by atoms with Crippen LogP contribution in [-0.4, -0.2) is 42.6 Å². The summed E-state index contributed by atoms with van der Waals surface area (Å²) in [6, 6.07) is 19.8. The normalized spacial score (nSPS) is 17.9. The molecule has 40 heavy (non-hydrogen) atoms. The van der Waals surface area contributed by atoms with Crippen LogP contribution >= 0.6 is 23.2 Å². The second kappa shape index (κ2) is 12.2. The van der Waals surface area contributed by atoms with Gasteiger partial charge < -0.3 is 15.0 Å². The Morgan fingerprint density at radius 2 is 1.82 bits per heavy atom. The maximum absolute atomic E-state index is 14.1. The summed E-state index contributed by atoms with van der Waals surface area (Å²) < 4.78 is 19.9. The number of nitrogens with zero attached hydrogens (tertiary/aromatic N) is 1. The molecule has 5 rings (SSSR count). The minimum atomic E-state index is -0.867. The van der Waals surface area contributed by atoms with E-state index in [2.05, 4.69) is 22.5 Å². The van der Waals surface area contributed by atoms with Crippen LogP contribution in [0.15, 0.2) is 66.7 Å². The van der Waals surface area contributed by atoms with Gasteiger partial charge in [0.15, 0.2) is 0 Å². The monoisotopic (exact) mass is 583 g/mol. The van der Waals surface area contributed by atoms with Crippen molar-refractivity contribution < 1.29 is 18.7 Å². The quantitative estimate of drug-likeness (QED) is 0.302. The molecule has 2 amide bonds. The van der Waals surface area contributed by atoms with Gasteiger partial charge in [-0.1, -0.05) is 59.6 Å². The summed E-state index contributed by atoms with van der Waals surface area (Å²) in [7, 11) is 0. The first-order chi connectivity index (χ1) is 19.2. The third-order valence-corrected chi connectivity index (χ3v) is 8.76. The van der Waals surface area contributed by atoms with Crippen molar-refractivity contribution >= 4 is 40.9 Å². The van der Waals surface area contributed by atoms with Crippen molar-refractivity contribution in [2.45, 2.75) is 50.2 Å². The van der Waals surface area contributed by atoms with Crippen molar-refractivity contribution in [3.63, 3.8) is 0 Å². The fraction of sp³-hybridized carbons (Fsp3) is 0.355. The zero-order valence-electron chi connectivity index (χ0n) is 22.3. The molecule has 2 heterocycles. The maximum atomic E-state index is 14.1. The zero-order chi connectivity index (χ0) is 28.3. The first-order valence-corrected chi connectivity index (χ1v) is 14.3. The topological polar surface area (TPSA) is 70.7 Å². The molecule has 0 bridgehead atoms. The second-order valence-corrected chi connectivity index (χ2v) is 11.4. The van der Waals surface area contributed by atoms with E-state index in [9.17, 15) is 14.0 Å². The number of amides is 2. The minimum absolute atomic E-state index is 0.0427. The van der Waals surface area contributed by atoms with Gasteiger partial charge in [-0.25, -0.2) is 9.18 Å². The molecular weight excluding hydrogens is 552 g/mol. The molecule has 0 radical (unpaired) electrons. The molecule has 0 saturated carbocycles. The van der Waals surface area contributed by atoms with E-state index in [1.165, 1.54) is 12.1 Å². The van der Waals surface area contributed by atoms with E-state index in [1.807, 2.05) is 36.4 Å². The summed E-state index contributed by atoms with van der Waals surface area (Å²) in [5, 5.41) is 6.64. The average Bonchev–Trinajstić information content (AvgIpc) is 2.94. The predicted octanol–water partition coefficient (Wildman–Crippen LogP) is 6.91. The first kappa shape index (κ1) is 28.4. The number of benzene rings is 3. The summed E-state index contributed by atoms with van der Waals surface area (Å²) in [6.45, 7) is 3.89. The highest BCUT2D eigenvalue weighted by Gasteiger charge is 2.45. The largest absolute Gasteiger partial charge is 0.438 e. The zero-order valence-corrected chi connectivity index (χ0v) is 23.8. The molecule has 2 atom stereocenters. The van der Waals surface area contributed by atoms with Crippen molar-refractivity contribution in [3.05, 3.63) is 99.3 Å². The van der Waals surface area contributed by atoms with Crippen molar-refractivity contribution in [2.75, 3.05) is 25.0 Å². The molecule has 2 aliphatic rings. The Balaban J connectivity index is 1.28. The van der Waals surface area contributed by atoms with Gasteiger partial charge in [-0.05, 0) is 61.2 Å². The Bertz CT molecular complexity index is 1380. The van der Waals surface area contributed by atoms with Gasteiger partial charge in [0.25, 0.3) is 0 Å². The van der Waals surface area contributed by atoms with Crippen LogP contribution in [0, 0.1) is 5.82 Å². The van der Waals surface area contributed by atoms with Crippen molar-refractivity contribution in [1.82, 2.24) is 10.2 Å². The number of carbonyl (C=O) groups excluding carboxylic acids is 2. The number of rotatable bonds is 8. The van der Waals surface area contributed by atoms with Gasteiger partial charge in [0.1, 0.15) is 11.4 Å². The molecule has 1 saturated heterocycles. The fourth-order valence-corrected chi connectivity index (χ4v) is 6.09. The Labute approximate surface area is 243 Å². The third-order valence-electron chi connectivity index (χ3n) is 8.02. The molecule has 2 unspecified atom stereocenters. The molecule has 1 fully saturated rings. The van der Waals surface area contributed by atoms with Crippen molar-refractivity contribution in [2.24, 2.45) is 0 Å². The van der Waals surface area contributed by atoms with Gasteiger partial charge in [0.2, 0.25) is 5.91 Å². The number of likely N-dealkylation sites (tertiary alicyclic amines) is 1. The second-order valence-electron chi connectivity index (χ2n) is 10.6. The molecule has 210 valence electrons. The number of hydrogen-bond donors (Lipinski definition) is 2. The number of anilines is 1. The Kier molecular flexibility index (Phi) is 8.64. The highest BCUT2D eigenvalue weighted by atomic mass is 35.5. The number of nitrogens with one attached hydrogen (secondary N) is 2. The highest BCUT2D eigenvalue weighted by Crippen LogP contribution is 2.44. The van der Waals surface area contributed by atoms with E-state index in [1.54, 1.807) is 18.2 Å². The lowest BCUT2D eigenvalue weighted by Gasteiger charge is -2.46. The summed E-state index contributed by atoms with van der Waals surface area (Å²) in [5.41, 5.74) is 2.36. The van der Waals surface area contributed by atoms with Gasteiger partial charge in [0.05, 0.1) is 21.7 Å². The van der Waals surface area contributed by atoms with Crippen LogP contribution in [0.5, 0.6) is 0 Å². The van der Waals surface area contributed by atoms with Crippen molar-refractivity contribution in [1.29, 1.82) is 0 Å². The maximum Gasteiger partial charge on any atom is 0.412 e. The smallest absolute Gasteiger partial charge is 0.412 e. The molecule has 0 aromatic heterocycles. The van der Waals surface area contributed by atoms with E-state index >= 15 is 0 Å². The van der Waals surface area contributed by atoms with E-state index in [0.717, 1.165) is 17.5 Å².